The Morgan fingerprint density at radius 3 is 1.71 bits per heavy atom. The normalized spacial score (nSPS) is 17.0. The van der Waals surface area contributed by atoms with Crippen LogP contribution in [-0.4, -0.2) is 214 Å². The van der Waals surface area contributed by atoms with Crippen LogP contribution in [0.3, 0.4) is 0 Å². The fourth-order valence-corrected chi connectivity index (χ4v) is 11.0. The Morgan fingerprint density at radius 2 is 1.15 bits per heavy atom. The molecule has 0 bridgehead atoms. The van der Waals surface area contributed by atoms with Crippen molar-refractivity contribution >= 4 is 88.7 Å². The van der Waals surface area contributed by atoms with Gasteiger partial charge in [-0.3, -0.25) is 62.5 Å². The number of phenolic OH excluding ortho intramolecular Hbond substituents is 1. The van der Waals surface area contributed by atoms with Gasteiger partial charge < -0.3 is 96.3 Å². The van der Waals surface area contributed by atoms with Crippen LogP contribution in [0.2, 0.25) is 0 Å². The van der Waals surface area contributed by atoms with Gasteiger partial charge in [-0.2, -0.15) is 11.8 Å². The minimum absolute atomic E-state index is 0.0127. The summed E-state index contributed by atoms with van der Waals surface area (Å²) in [7, 11) is 0. The van der Waals surface area contributed by atoms with E-state index < -0.39 is 151 Å². The second-order valence-electron chi connectivity index (χ2n) is 23.1. The van der Waals surface area contributed by atoms with Crippen LogP contribution in [-0.2, 0) is 70.4 Å². The van der Waals surface area contributed by atoms with E-state index in [0.29, 0.717) is 49.1 Å². The molecule has 11 amide bonds. The van der Waals surface area contributed by atoms with Crippen molar-refractivity contribution in [2.24, 2.45) is 39.6 Å². The van der Waals surface area contributed by atoms with Gasteiger partial charge in [-0.25, -0.2) is 0 Å². The number of amides is 11. The number of phenols is 1. The van der Waals surface area contributed by atoms with E-state index in [1.54, 1.807) is 30.3 Å². The van der Waals surface area contributed by atoms with Crippen molar-refractivity contribution in [3.8, 4) is 5.75 Å². The maximum absolute atomic E-state index is 14.7. The number of carbonyl (C=O) groups is 12. The number of nitrogens with one attached hydrogen (secondary N) is 8. The van der Waals surface area contributed by atoms with E-state index in [0.717, 1.165) is 4.90 Å². The third kappa shape index (κ3) is 25.2. The van der Waals surface area contributed by atoms with Crippen molar-refractivity contribution in [3.05, 3.63) is 65.7 Å². The lowest BCUT2D eigenvalue weighted by Gasteiger charge is -2.31. The molecular formula is C60H92N16O15S. The van der Waals surface area contributed by atoms with Gasteiger partial charge in [0.25, 0.3) is 0 Å². The molecule has 2 aromatic carbocycles. The van der Waals surface area contributed by atoms with E-state index in [-0.39, 0.29) is 95.0 Å². The zero-order valence-electron chi connectivity index (χ0n) is 52.3. The molecule has 2 heterocycles. The Hall–Kier alpha value is -8.62. The fraction of sp³-hybridized carbons (Fsp3) is 0.583. The average Bonchev–Trinajstić information content (AvgIpc) is 1.65. The molecule has 508 valence electrons. The Morgan fingerprint density at radius 1 is 0.620 bits per heavy atom. The highest BCUT2D eigenvalue weighted by molar-refractivity contribution is 7.98. The predicted molar refractivity (Wildman–Crippen MR) is 340 cm³/mol. The predicted octanol–water partition coefficient (Wildman–Crippen LogP) is -4.07. The van der Waals surface area contributed by atoms with Crippen LogP contribution >= 0.6 is 11.8 Å². The van der Waals surface area contributed by atoms with Gasteiger partial charge in [0.15, 0.2) is 5.96 Å². The van der Waals surface area contributed by atoms with Gasteiger partial charge in [-0.1, -0.05) is 62.7 Å². The number of unbranched alkanes of at least 4 members (excludes halogenated alkanes) is 1. The average molecular weight is 1310 g/mol. The number of aliphatic carboxylic acids is 1. The van der Waals surface area contributed by atoms with Crippen LogP contribution in [0.25, 0.3) is 0 Å². The molecule has 0 spiro atoms. The van der Waals surface area contributed by atoms with E-state index in [2.05, 4.69) is 47.5 Å². The molecule has 2 aliphatic rings. The summed E-state index contributed by atoms with van der Waals surface area (Å²) in [6.45, 7) is 2.57. The van der Waals surface area contributed by atoms with Crippen LogP contribution < -0.4 is 71.2 Å². The summed E-state index contributed by atoms with van der Waals surface area (Å²) in [6.07, 6.45) is 3.09. The number of carboxylic acid groups (broad SMARTS) is 1. The first-order chi connectivity index (χ1) is 43.8. The number of likely N-dealkylation sites (tertiary alicyclic amines) is 2. The molecule has 0 aromatic heterocycles. The summed E-state index contributed by atoms with van der Waals surface area (Å²) < 4.78 is 0. The summed E-state index contributed by atoms with van der Waals surface area (Å²) in [4.78, 5) is 171. The number of nitrogens with two attached hydrogens (primary N) is 5. The van der Waals surface area contributed by atoms with Crippen molar-refractivity contribution < 1.29 is 72.9 Å². The molecule has 0 unspecified atom stereocenters. The number of thioether (sulfide) groups is 1. The molecule has 32 heteroatoms. The molecule has 0 radical (unpaired) electrons. The molecule has 0 aliphatic carbocycles. The van der Waals surface area contributed by atoms with Gasteiger partial charge >= 0.3 is 5.97 Å². The minimum atomic E-state index is -1.89. The lowest BCUT2D eigenvalue weighted by molar-refractivity contribution is -0.145. The third-order valence-electron chi connectivity index (χ3n) is 15.3. The number of aliphatic hydroxyl groups is 1. The summed E-state index contributed by atoms with van der Waals surface area (Å²) in [6, 6.07) is 0.580. The molecule has 21 N–H and O–H groups in total. The largest absolute Gasteiger partial charge is 0.508 e. The van der Waals surface area contributed by atoms with Gasteiger partial charge in [0.2, 0.25) is 65.0 Å². The molecule has 2 aromatic rings. The van der Waals surface area contributed by atoms with Crippen molar-refractivity contribution in [1.82, 2.24) is 52.3 Å². The lowest BCUT2D eigenvalue weighted by atomic mass is 10.0. The highest BCUT2D eigenvalue weighted by Crippen LogP contribution is 2.23. The lowest BCUT2D eigenvalue weighted by Crippen LogP contribution is -2.60. The van der Waals surface area contributed by atoms with Crippen LogP contribution in [0.5, 0.6) is 5.75 Å². The first-order valence-electron chi connectivity index (χ1n) is 30.7. The van der Waals surface area contributed by atoms with Crippen LogP contribution in [0.4, 0.5) is 0 Å². The summed E-state index contributed by atoms with van der Waals surface area (Å²) >= 11 is 1.44. The van der Waals surface area contributed by atoms with Crippen LogP contribution in [0.1, 0.15) is 102 Å². The number of guanidine groups is 1. The summed E-state index contributed by atoms with van der Waals surface area (Å²) in [5, 5.41) is 50.8. The smallest absolute Gasteiger partial charge is 0.305 e. The Balaban J connectivity index is 1.57. The fourth-order valence-electron chi connectivity index (χ4n) is 10.5. The molecule has 2 fully saturated rings. The number of aliphatic hydroxyl groups excluding tert-OH is 1. The van der Waals surface area contributed by atoms with E-state index in [4.69, 9.17) is 28.7 Å². The van der Waals surface area contributed by atoms with E-state index in [1.165, 1.54) is 40.9 Å². The minimum Gasteiger partial charge on any atom is -0.508 e. The number of primary amides is 1. The molecule has 4 rings (SSSR count). The first-order valence-corrected chi connectivity index (χ1v) is 32.1. The number of carboxylic acids is 1. The molecular weight excluding hydrogens is 1220 g/mol. The number of hydrogen-bond donors (Lipinski definition) is 16. The number of hydrogen-bond acceptors (Lipinski definition) is 18. The van der Waals surface area contributed by atoms with Crippen molar-refractivity contribution in [2.45, 2.75) is 164 Å². The first kappa shape index (κ1) is 75.8. The third-order valence-corrected chi connectivity index (χ3v) is 16.0. The molecule has 10 atom stereocenters. The van der Waals surface area contributed by atoms with E-state index >= 15 is 0 Å². The SMILES string of the molecule is CSCC[C@H](NC(=O)[C@H](CC(C)C)NC(=O)CNC(=O)[C@H](Cc1ccc(O)cc1)NC(=O)[C@H](Cc1ccccc1)NC(=O)[C@H](CCCN=C(N)N)NC(=O)[C@H](CC(=O)O)NC(=O)[C@@H]1CCCN1C(=O)[C@H](CO)NC(=O)[C@@H]1CCCN1C(=O)[C@@H](N)CCCCN)C(N)=O. The van der Waals surface area contributed by atoms with Crippen molar-refractivity contribution in [2.75, 3.05) is 51.3 Å². The number of aliphatic imine (C=N–C) groups is 1. The Labute approximate surface area is 538 Å². The number of carbonyl (C=O) groups excluding carboxylic acids is 11. The van der Waals surface area contributed by atoms with Crippen LogP contribution in [0.15, 0.2) is 59.6 Å². The van der Waals surface area contributed by atoms with Crippen molar-refractivity contribution in [3.63, 3.8) is 0 Å². The second kappa shape index (κ2) is 38.9. The zero-order valence-corrected chi connectivity index (χ0v) is 53.1. The van der Waals surface area contributed by atoms with Crippen LogP contribution in [0, 0.1) is 5.92 Å². The summed E-state index contributed by atoms with van der Waals surface area (Å²) in [5.41, 5.74) is 29.3. The molecule has 31 nitrogen and oxygen atoms in total. The molecule has 2 aliphatic heterocycles. The molecule has 2 saturated heterocycles. The van der Waals surface area contributed by atoms with E-state index in [1.807, 2.05) is 20.1 Å². The number of benzene rings is 2. The standard InChI is InChI=1S/C60H92N16O15S/c1-34(2)28-41(53(85)69-39(50(63)82)22-27-92-3)68-48(79)32-67-51(83)42(30-36-18-20-37(78)21-19-36)71-54(86)43(29-35-12-5-4-6-13-35)72-52(84)40(15-9-24-66-60(64)65)70-55(87)44(31-49(80)81)73-56(88)47-17-11-26-76(47)59(91)45(33-77)74-57(89)46-16-10-25-75(46)58(90)38(62)14-7-8-23-61/h4-6,12-13,18-21,34,38-47,77-78H,7-11,14-17,22-33,61-62H2,1-3H3,(H2,63,82)(H,67,83)(H,68,79)(H,69,85)(H,70,87)(H,71,86)(H,72,84)(H,73,88)(H,74,89)(H,80,81)(H4,64,65,66)/t38-,39-,40-,41-,42-,43-,44-,45-,46-,47-/m0/s1. The van der Waals surface area contributed by atoms with Gasteiger partial charge in [0, 0.05) is 32.5 Å². The van der Waals surface area contributed by atoms with Gasteiger partial charge in [0.1, 0.15) is 60.1 Å². The number of nitrogens with zero attached hydrogens (tertiary/aromatic N) is 3. The van der Waals surface area contributed by atoms with Crippen molar-refractivity contribution in [1.29, 1.82) is 0 Å². The Kier molecular flexibility index (Phi) is 32.1. The zero-order chi connectivity index (χ0) is 68.0. The molecule has 92 heavy (non-hydrogen) atoms. The number of rotatable bonds is 39. The summed E-state index contributed by atoms with van der Waals surface area (Å²) in [5.74, 6) is -10.8. The highest BCUT2D eigenvalue weighted by Gasteiger charge is 2.42. The monoisotopic (exact) mass is 1310 g/mol. The Bertz CT molecular complexity index is 2870. The molecule has 0 saturated carbocycles. The maximum atomic E-state index is 14.7. The van der Waals surface area contributed by atoms with Gasteiger partial charge in [0.05, 0.1) is 25.6 Å². The second-order valence-corrected chi connectivity index (χ2v) is 24.1. The number of aromatic hydroxyl groups is 1. The topological polar surface area (TPSA) is 511 Å². The quantitative estimate of drug-likeness (QED) is 0.0172. The van der Waals surface area contributed by atoms with E-state index in [9.17, 15) is 72.9 Å². The maximum Gasteiger partial charge on any atom is 0.305 e. The van der Waals surface area contributed by atoms with Gasteiger partial charge in [-0.15, -0.1) is 0 Å². The van der Waals surface area contributed by atoms with Gasteiger partial charge in [-0.05, 0) is 112 Å². The highest BCUT2D eigenvalue weighted by atomic mass is 32.2.